The summed E-state index contributed by atoms with van der Waals surface area (Å²) in [6.07, 6.45) is -0.845. The molecular formula is C19H18ClNO4. The monoisotopic (exact) mass is 359 g/mol. The average molecular weight is 360 g/mol. The van der Waals surface area contributed by atoms with Gasteiger partial charge in [-0.1, -0.05) is 61.0 Å². The van der Waals surface area contributed by atoms with Gasteiger partial charge in [-0.3, -0.25) is 14.4 Å². The molecule has 2 rings (SSSR count). The highest BCUT2D eigenvalue weighted by atomic mass is 35.5. The van der Waals surface area contributed by atoms with Crippen LogP contribution in [0.1, 0.15) is 35.4 Å². The number of nitrogens with one attached hydrogen (secondary N) is 1. The first kappa shape index (κ1) is 18.7. The molecule has 0 bridgehead atoms. The first-order valence-corrected chi connectivity index (χ1v) is 8.20. The zero-order valence-corrected chi connectivity index (χ0v) is 14.5. The predicted octanol–water partition coefficient (Wildman–Crippen LogP) is 3.33. The summed E-state index contributed by atoms with van der Waals surface area (Å²) in [7, 11) is 0. The van der Waals surface area contributed by atoms with Crippen LogP contribution in [-0.4, -0.2) is 24.2 Å². The maximum absolute atomic E-state index is 12.8. The molecule has 0 heterocycles. The summed E-state index contributed by atoms with van der Waals surface area (Å²) in [5, 5.41) is 2.94. The van der Waals surface area contributed by atoms with E-state index in [2.05, 4.69) is 5.32 Å². The Morgan fingerprint density at radius 3 is 2.28 bits per heavy atom. The molecule has 0 fully saturated rings. The number of Topliss-reactive ketones (excluding diaryl/α,β-unsaturated/α-hetero) is 1. The molecule has 2 aromatic carbocycles. The van der Waals surface area contributed by atoms with Gasteiger partial charge in [0.2, 0.25) is 11.7 Å². The van der Waals surface area contributed by atoms with Crippen molar-refractivity contribution in [3.8, 4) is 0 Å². The highest BCUT2D eigenvalue weighted by Gasteiger charge is 2.26. The smallest absolute Gasteiger partial charge is 0.326 e. The molecule has 0 unspecified atom stereocenters. The fraction of sp³-hybridized carbons (Fsp3) is 0.211. The zero-order valence-electron chi connectivity index (χ0n) is 13.7. The summed E-state index contributed by atoms with van der Waals surface area (Å²) in [6, 6.07) is 15.1. The zero-order chi connectivity index (χ0) is 18.2. The second kappa shape index (κ2) is 8.99. The average Bonchev–Trinajstić information content (AvgIpc) is 2.65. The number of carbonyl (C=O) groups excluding carboxylic acids is 3. The summed E-state index contributed by atoms with van der Waals surface area (Å²) in [4.78, 5) is 36.1. The van der Waals surface area contributed by atoms with Gasteiger partial charge in [-0.05, 0) is 12.1 Å². The SMILES string of the molecule is CCC(=O)NCC(=O)O[C@H](C(=O)c1ccccc1)c1ccc(Cl)cc1. The van der Waals surface area contributed by atoms with E-state index in [4.69, 9.17) is 16.3 Å². The molecule has 0 saturated heterocycles. The van der Waals surface area contributed by atoms with Crippen LogP contribution in [0.3, 0.4) is 0 Å². The van der Waals surface area contributed by atoms with Crippen molar-refractivity contribution in [1.82, 2.24) is 5.32 Å². The first-order chi connectivity index (χ1) is 12.0. The number of esters is 1. The molecule has 0 aliphatic heterocycles. The number of ether oxygens (including phenoxy) is 1. The third-order valence-electron chi connectivity index (χ3n) is 3.47. The van der Waals surface area contributed by atoms with Crippen LogP contribution in [0.15, 0.2) is 54.6 Å². The molecule has 5 nitrogen and oxygen atoms in total. The molecule has 0 aliphatic rings. The van der Waals surface area contributed by atoms with Crippen LogP contribution >= 0.6 is 11.6 Å². The third kappa shape index (κ3) is 5.43. The Morgan fingerprint density at radius 1 is 1.04 bits per heavy atom. The van der Waals surface area contributed by atoms with Crippen LogP contribution in [0.5, 0.6) is 0 Å². The largest absolute Gasteiger partial charge is 0.448 e. The van der Waals surface area contributed by atoms with Crippen molar-refractivity contribution in [2.24, 2.45) is 0 Å². The lowest BCUT2D eigenvalue weighted by Crippen LogP contribution is -2.32. The van der Waals surface area contributed by atoms with Gasteiger partial charge in [0.05, 0.1) is 0 Å². The Balaban J connectivity index is 2.20. The number of halogens is 1. The number of amides is 1. The maximum atomic E-state index is 12.8. The lowest BCUT2D eigenvalue weighted by atomic mass is 10.00. The van der Waals surface area contributed by atoms with E-state index in [9.17, 15) is 14.4 Å². The van der Waals surface area contributed by atoms with Crippen LogP contribution in [0.2, 0.25) is 5.02 Å². The molecule has 0 saturated carbocycles. The number of rotatable bonds is 7. The van der Waals surface area contributed by atoms with E-state index in [-0.39, 0.29) is 24.7 Å². The van der Waals surface area contributed by atoms with Gasteiger partial charge in [-0.25, -0.2) is 0 Å². The minimum atomic E-state index is -1.11. The van der Waals surface area contributed by atoms with E-state index < -0.39 is 12.1 Å². The summed E-state index contributed by atoms with van der Waals surface area (Å²) in [5.74, 6) is -1.31. The van der Waals surface area contributed by atoms with Crippen molar-refractivity contribution in [2.45, 2.75) is 19.4 Å². The molecule has 1 amide bonds. The lowest BCUT2D eigenvalue weighted by molar-refractivity contribution is -0.147. The number of ketones is 1. The molecule has 0 aromatic heterocycles. The standard InChI is InChI=1S/C19H18ClNO4/c1-2-16(22)21-12-17(23)25-19(14-8-10-15(20)11-9-14)18(24)13-6-4-3-5-7-13/h3-11,19H,2,12H2,1H3,(H,21,22)/t19-/m0/s1. The molecule has 1 N–H and O–H groups in total. The molecule has 6 heteroatoms. The second-order valence-corrected chi connectivity index (χ2v) is 5.72. The van der Waals surface area contributed by atoms with Crippen LogP contribution in [-0.2, 0) is 14.3 Å². The molecule has 1 atom stereocenters. The van der Waals surface area contributed by atoms with E-state index in [1.54, 1.807) is 61.5 Å². The van der Waals surface area contributed by atoms with Gasteiger partial charge < -0.3 is 10.1 Å². The second-order valence-electron chi connectivity index (χ2n) is 5.28. The summed E-state index contributed by atoms with van der Waals surface area (Å²) >= 11 is 5.88. The topological polar surface area (TPSA) is 72.5 Å². The summed E-state index contributed by atoms with van der Waals surface area (Å²) in [5.41, 5.74) is 0.932. The van der Waals surface area contributed by atoms with E-state index in [1.165, 1.54) is 0 Å². The van der Waals surface area contributed by atoms with Gasteiger partial charge in [0.1, 0.15) is 6.54 Å². The number of carbonyl (C=O) groups is 3. The van der Waals surface area contributed by atoms with Gasteiger partial charge in [0.25, 0.3) is 0 Å². The highest BCUT2D eigenvalue weighted by Crippen LogP contribution is 2.24. The number of hydrogen-bond donors (Lipinski definition) is 1. The summed E-state index contributed by atoms with van der Waals surface area (Å²) < 4.78 is 5.34. The molecule has 2 aromatic rings. The van der Waals surface area contributed by atoms with Crippen molar-refractivity contribution in [2.75, 3.05) is 6.54 Å². The van der Waals surface area contributed by atoms with Crippen molar-refractivity contribution in [3.05, 3.63) is 70.7 Å². The Hall–Kier alpha value is -2.66. The Kier molecular flexibility index (Phi) is 6.71. The molecule has 25 heavy (non-hydrogen) atoms. The predicted molar refractivity (Wildman–Crippen MR) is 94.4 cm³/mol. The van der Waals surface area contributed by atoms with Crippen LogP contribution in [0.4, 0.5) is 0 Å². The van der Waals surface area contributed by atoms with E-state index in [0.717, 1.165) is 0 Å². The van der Waals surface area contributed by atoms with Gasteiger partial charge in [-0.15, -0.1) is 0 Å². The van der Waals surface area contributed by atoms with Gasteiger partial charge in [-0.2, -0.15) is 0 Å². The van der Waals surface area contributed by atoms with E-state index in [0.29, 0.717) is 16.1 Å². The van der Waals surface area contributed by atoms with Crippen LogP contribution in [0.25, 0.3) is 0 Å². The minimum absolute atomic E-state index is 0.261. The lowest BCUT2D eigenvalue weighted by Gasteiger charge is -2.18. The molecule has 0 radical (unpaired) electrons. The normalized spacial score (nSPS) is 11.4. The first-order valence-electron chi connectivity index (χ1n) is 7.82. The van der Waals surface area contributed by atoms with Crippen molar-refractivity contribution in [3.63, 3.8) is 0 Å². The molecule has 0 aliphatic carbocycles. The fourth-order valence-electron chi connectivity index (χ4n) is 2.13. The van der Waals surface area contributed by atoms with Crippen molar-refractivity contribution in [1.29, 1.82) is 0 Å². The number of benzene rings is 2. The maximum Gasteiger partial charge on any atom is 0.326 e. The molecule has 130 valence electrons. The fourth-order valence-corrected chi connectivity index (χ4v) is 2.26. The van der Waals surface area contributed by atoms with E-state index in [1.807, 2.05) is 0 Å². The van der Waals surface area contributed by atoms with Gasteiger partial charge >= 0.3 is 5.97 Å². The van der Waals surface area contributed by atoms with Crippen molar-refractivity contribution >= 4 is 29.3 Å². The Labute approximate surface area is 150 Å². The van der Waals surface area contributed by atoms with Gasteiger partial charge in [0.15, 0.2) is 6.10 Å². The molecule has 0 spiro atoms. The third-order valence-corrected chi connectivity index (χ3v) is 3.72. The summed E-state index contributed by atoms with van der Waals surface area (Å²) in [6.45, 7) is 1.38. The van der Waals surface area contributed by atoms with Crippen LogP contribution in [0, 0.1) is 0 Å². The Morgan fingerprint density at radius 2 is 1.68 bits per heavy atom. The number of hydrogen-bond acceptors (Lipinski definition) is 4. The van der Waals surface area contributed by atoms with Gasteiger partial charge in [0, 0.05) is 22.6 Å². The van der Waals surface area contributed by atoms with E-state index >= 15 is 0 Å². The molecular weight excluding hydrogens is 342 g/mol. The quantitative estimate of drug-likeness (QED) is 0.608. The van der Waals surface area contributed by atoms with Crippen molar-refractivity contribution < 1.29 is 19.1 Å². The minimum Gasteiger partial charge on any atom is -0.448 e. The van der Waals surface area contributed by atoms with Crippen LogP contribution < -0.4 is 5.32 Å². The Bertz CT molecular complexity index is 744. The highest BCUT2D eigenvalue weighted by molar-refractivity contribution is 6.30.